The summed E-state index contributed by atoms with van der Waals surface area (Å²) in [6, 6.07) is 5.38. The van der Waals surface area contributed by atoms with Gasteiger partial charge in [0, 0.05) is 60.2 Å². The highest BCUT2D eigenvalue weighted by Crippen LogP contribution is 2.52. The minimum absolute atomic E-state index is 0.0431. The topological polar surface area (TPSA) is 167 Å². The quantitative estimate of drug-likeness (QED) is 0.246. The highest BCUT2D eigenvalue weighted by Gasteiger charge is 2.51. The number of fused-ring (bicyclic) bond motifs is 2. The number of nitrogens with zero attached hydrogens (tertiary/aromatic N) is 4. The van der Waals surface area contributed by atoms with Crippen LogP contribution in [0.25, 0.3) is 5.82 Å². The molecule has 4 N–H and O–H groups in total. The van der Waals surface area contributed by atoms with E-state index >= 15 is 0 Å². The average Bonchev–Trinajstić information content (AvgIpc) is 3.64. The van der Waals surface area contributed by atoms with Gasteiger partial charge in [0.05, 0.1) is 16.6 Å². The van der Waals surface area contributed by atoms with Crippen LogP contribution in [0.15, 0.2) is 30.6 Å². The number of hydrogen-bond donors (Lipinski definition) is 4. The Morgan fingerprint density at radius 2 is 1.85 bits per heavy atom. The highest BCUT2D eigenvalue weighted by molar-refractivity contribution is 7.16. The summed E-state index contributed by atoms with van der Waals surface area (Å²) in [6.07, 6.45) is 3.13. The van der Waals surface area contributed by atoms with E-state index in [0.29, 0.717) is 34.6 Å². The van der Waals surface area contributed by atoms with Crippen LogP contribution < -0.4 is 0 Å². The van der Waals surface area contributed by atoms with E-state index in [1.54, 1.807) is 6.20 Å². The molecular formula is C30H35ClF2N4O8S. The first-order valence-electron chi connectivity index (χ1n) is 14.7. The molecule has 12 nitrogen and oxygen atoms in total. The van der Waals surface area contributed by atoms with E-state index in [1.807, 2.05) is 29.9 Å². The molecule has 0 aromatic carbocycles. The van der Waals surface area contributed by atoms with Gasteiger partial charge in [0.1, 0.15) is 12.2 Å². The van der Waals surface area contributed by atoms with Gasteiger partial charge in [-0.25, -0.2) is 19.3 Å². The molecule has 16 heteroatoms. The molecule has 46 heavy (non-hydrogen) atoms. The van der Waals surface area contributed by atoms with Crippen molar-refractivity contribution in [1.29, 1.82) is 0 Å². The number of carboxylic acids is 2. The summed E-state index contributed by atoms with van der Waals surface area (Å²) in [5, 5.41) is 37.3. The SMILES string of the molecule is Cc1nn(-c2ncccc2COCC2CC2)cc1CN1CCC2(CC1)OCC(F)(F)c1cc(Cl)sc12.O=C(O)[C@H](O)[C@@H](O)C(=O)O. The van der Waals surface area contributed by atoms with E-state index in [4.69, 9.17) is 46.6 Å². The molecule has 2 atom stereocenters. The van der Waals surface area contributed by atoms with Crippen LogP contribution in [0.3, 0.4) is 0 Å². The van der Waals surface area contributed by atoms with Crippen LogP contribution >= 0.6 is 22.9 Å². The Morgan fingerprint density at radius 3 is 2.48 bits per heavy atom. The standard InChI is InChI=1S/C26H29ClF2N4O2S.C4H6O6/c1-17-20(13-33(31-17)24-19(3-2-8-30-24)15-34-14-18-4-5-18)12-32-9-6-25(7-10-32)23-21(11-22(27)36-23)26(28,29)16-35-25;5-1(3(7)8)2(6)4(9)10/h2-3,8,11,13,18H,4-7,9-10,12,14-16H2,1H3;1-2,5-6H,(H,7,8)(H,9,10)/t;1-,2-/m.1/s1. The van der Waals surface area contributed by atoms with E-state index in [2.05, 4.69) is 9.88 Å². The summed E-state index contributed by atoms with van der Waals surface area (Å²) >= 11 is 7.37. The van der Waals surface area contributed by atoms with Gasteiger partial charge < -0.3 is 29.9 Å². The number of aliphatic carboxylic acids is 2. The van der Waals surface area contributed by atoms with Crippen LogP contribution in [0.5, 0.6) is 0 Å². The van der Waals surface area contributed by atoms with Crippen molar-refractivity contribution in [2.45, 2.75) is 69.5 Å². The first-order chi connectivity index (χ1) is 21.8. The lowest BCUT2D eigenvalue weighted by Gasteiger charge is -2.45. The molecule has 2 fully saturated rings. The molecule has 1 spiro atoms. The van der Waals surface area contributed by atoms with Gasteiger partial charge in [0.2, 0.25) is 0 Å². The number of aliphatic hydroxyl groups is 2. The predicted octanol–water partition coefficient (Wildman–Crippen LogP) is 3.71. The van der Waals surface area contributed by atoms with E-state index in [1.165, 1.54) is 30.2 Å². The normalized spacial score (nSPS) is 20.0. The molecule has 0 bridgehead atoms. The van der Waals surface area contributed by atoms with Crippen LogP contribution in [0, 0.1) is 12.8 Å². The fraction of sp³-hybridized carbons (Fsp3) is 0.533. The molecule has 1 saturated carbocycles. The van der Waals surface area contributed by atoms with Crippen LogP contribution in [-0.2, 0) is 43.7 Å². The van der Waals surface area contributed by atoms with Crippen molar-refractivity contribution in [1.82, 2.24) is 19.7 Å². The Hall–Kier alpha value is -3.05. The van der Waals surface area contributed by atoms with Crippen LogP contribution in [0.2, 0.25) is 4.34 Å². The lowest BCUT2D eigenvalue weighted by molar-refractivity contribution is -0.182. The molecule has 5 heterocycles. The zero-order valence-corrected chi connectivity index (χ0v) is 26.5. The number of carboxylic acid groups (broad SMARTS) is 2. The number of hydrogen-bond acceptors (Lipinski definition) is 10. The summed E-state index contributed by atoms with van der Waals surface area (Å²) in [7, 11) is 0. The maximum atomic E-state index is 14.4. The number of piperidine rings is 1. The number of pyridine rings is 1. The monoisotopic (exact) mass is 684 g/mol. The maximum Gasteiger partial charge on any atom is 0.335 e. The number of aliphatic hydroxyl groups excluding tert-OH is 2. The van der Waals surface area contributed by atoms with Crippen LogP contribution in [-0.4, -0.2) is 90.5 Å². The Balaban J connectivity index is 0.000000362. The number of aryl methyl sites for hydroxylation is 1. The fourth-order valence-electron chi connectivity index (χ4n) is 5.43. The van der Waals surface area contributed by atoms with Crippen molar-refractivity contribution in [3.8, 4) is 5.82 Å². The molecule has 250 valence electrons. The van der Waals surface area contributed by atoms with Gasteiger partial charge in [-0.1, -0.05) is 17.7 Å². The number of carbonyl (C=O) groups is 2. The van der Waals surface area contributed by atoms with Crippen molar-refractivity contribution in [2.24, 2.45) is 5.92 Å². The second kappa shape index (κ2) is 14.0. The van der Waals surface area contributed by atoms with Crippen molar-refractivity contribution in [2.75, 3.05) is 26.3 Å². The third-order valence-electron chi connectivity index (χ3n) is 8.30. The van der Waals surface area contributed by atoms with Crippen molar-refractivity contribution < 1.29 is 48.3 Å². The van der Waals surface area contributed by atoms with Crippen LogP contribution in [0.1, 0.15) is 52.9 Å². The van der Waals surface area contributed by atoms with Gasteiger partial charge in [-0.2, -0.15) is 13.9 Å². The number of alkyl halides is 2. The summed E-state index contributed by atoms with van der Waals surface area (Å²) in [5.74, 6) is -5.02. The second-order valence-electron chi connectivity index (χ2n) is 11.8. The molecule has 1 aliphatic carbocycles. The van der Waals surface area contributed by atoms with Crippen LogP contribution in [0.4, 0.5) is 8.78 Å². The molecule has 0 radical (unpaired) electrons. The third kappa shape index (κ3) is 7.73. The van der Waals surface area contributed by atoms with E-state index in [0.717, 1.165) is 48.9 Å². The number of thiophene rings is 1. The smallest absolute Gasteiger partial charge is 0.335 e. The fourth-order valence-corrected chi connectivity index (χ4v) is 6.91. The number of halogens is 3. The lowest BCUT2D eigenvalue weighted by Crippen LogP contribution is -2.48. The van der Waals surface area contributed by atoms with Crippen molar-refractivity contribution in [3.05, 3.63) is 62.2 Å². The van der Waals surface area contributed by atoms with E-state index < -0.39 is 42.3 Å². The van der Waals surface area contributed by atoms with Crippen molar-refractivity contribution in [3.63, 3.8) is 0 Å². The lowest BCUT2D eigenvalue weighted by atomic mass is 9.84. The Kier molecular flexibility index (Phi) is 10.4. The zero-order valence-electron chi connectivity index (χ0n) is 24.9. The Morgan fingerprint density at radius 1 is 1.17 bits per heavy atom. The zero-order chi connectivity index (χ0) is 33.2. The largest absolute Gasteiger partial charge is 0.479 e. The summed E-state index contributed by atoms with van der Waals surface area (Å²) < 4.78 is 42.8. The van der Waals surface area contributed by atoms with E-state index in [-0.39, 0.29) is 5.56 Å². The second-order valence-corrected chi connectivity index (χ2v) is 13.4. The van der Waals surface area contributed by atoms with Gasteiger partial charge in [-0.05, 0) is 50.7 Å². The summed E-state index contributed by atoms with van der Waals surface area (Å²) in [4.78, 5) is 27.1. The van der Waals surface area contributed by atoms with Gasteiger partial charge in [-0.3, -0.25) is 4.90 Å². The number of ether oxygens (including phenoxy) is 2. The van der Waals surface area contributed by atoms with Gasteiger partial charge in [-0.15, -0.1) is 11.3 Å². The molecule has 1 saturated heterocycles. The molecular weight excluding hydrogens is 650 g/mol. The third-order valence-corrected chi connectivity index (χ3v) is 9.75. The Bertz CT molecular complexity index is 1540. The molecule has 3 aromatic rings. The number of likely N-dealkylation sites (tertiary alicyclic amines) is 1. The molecule has 2 aliphatic heterocycles. The minimum Gasteiger partial charge on any atom is -0.479 e. The Labute approximate surface area is 272 Å². The maximum absolute atomic E-state index is 14.4. The molecule has 3 aromatic heterocycles. The minimum atomic E-state index is -2.99. The summed E-state index contributed by atoms with van der Waals surface area (Å²) in [5.41, 5.74) is 2.46. The molecule has 6 rings (SSSR count). The van der Waals surface area contributed by atoms with Crippen molar-refractivity contribution >= 4 is 34.9 Å². The first-order valence-corrected chi connectivity index (χ1v) is 15.9. The van der Waals surface area contributed by atoms with Gasteiger partial charge in [0.15, 0.2) is 18.0 Å². The summed E-state index contributed by atoms with van der Waals surface area (Å²) in [6.45, 7) is 4.97. The number of aromatic nitrogens is 3. The molecule has 0 amide bonds. The van der Waals surface area contributed by atoms with Gasteiger partial charge >= 0.3 is 11.9 Å². The first kappa shape index (κ1) is 34.3. The molecule has 0 unspecified atom stereocenters. The average molecular weight is 685 g/mol. The highest BCUT2D eigenvalue weighted by atomic mass is 35.5. The van der Waals surface area contributed by atoms with Gasteiger partial charge in [0.25, 0.3) is 5.92 Å². The van der Waals surface area contributed by atoms with E-state index in [9.17, 15) is 18.4 Å². The molecule has 3 aliphatic rings. The predicted molar refractivity (Wildman–Crippen MR) is 161 cm³/mol. The number of rotatable bonds is 10.